The maximum Gasteiger partial charge on any atom is 0.343 e. The number of hydrogen-bond donors (Lipinski definition) is 3. The van der Waals surface area contributed by atoms with Crippen molar-refractivity contribution in [1.82, 2.24) is 10.2 Å². The molecule has 2 rings (SSSR count). The summed E-state index contributed by atoms with van der Waals surface area (Å²) >= 11 is 0. The van der Waals surface area contributed by atoms with Crippen molar-refractivity contribution in [3.05, 3.63) is 57.9 Å². The molecule has 7 nitrogen and oxygen atoms in total. The Bertz CT molecular complexity index is 761. The third-order valence-electron chi connectivity index (χ3n) is 2.65. The summed E-state index contributed by atoms with van der Waals surface area (Å²) in [4.78, 5) is 33.2. The van der Waals surface area contributed by atoms with E-state index in [0.717, 1.165) is 12.1 Å². The molecule has 0 aliphatic rings. The van der Waals surface area contributed by atoms with Crippen molar-refractivity contribution in [2.24, 2.45) is 0 Å². The largest absolute Gasteiger partial charge is 0.477 e. The highest BCUT2D eigenvalue weighted by atomic mass is 16.4. The van der Waals surface area contributed by atoms with Crippen LogP contribution in [0.3, 0.4) is 0 Å². The highest BCUT2D eigenvalue weighted by Crippen LogP contribution is 2.21. The summed E-state index contributed by atoms with van der Waals surface area (Å²) in [5.74, 6) is -3.19. The molecule has 0 atom stereocenters. The predicted molar refractivity (Wildman–Crippen MR) is 73.5 cm³/mol. The fraction of sp³-hybridized carbons (Fsp3) is 0. The number of carboxylic acid groups (broad SMARTS) is 2. The monoisotopic (exact) mass is 286 g/mol. The van der Waals surface area contributed by atoms with Crippen LogP contribution in [0.4, 0.5) is 0 Å². The number of aromatic nitrogens is 2. The van der Waals surface area contributed by atoms with Gasteiger partial charge in [0.15, 0.2) is 0 Å². The number of H-pyrrole nitrogens is 1. The summed E-state index contributed by atoms with van der Waals surface area (Å²) in [6, 6.07) is 9.78. The van der Waals surface area contributed by atoms with E-state index < -0.39 is 23.1 Å². The Morgan fingerprint density at radius 1 is 1.10 bits per heavy atom. The van der Waals surface area contributed by atoms with Gasteiger partial charge in [0.25, 0.3) is 5.56 Å². The van der Waals surface area contributed by atoms with Crippen molar-refractivity contribution >= 4 is 18.0 Å². The molecular formula is C14H10N2O5. The molecule has 0 spiro atoms. The Kier molecular flexibility index (Phi) is 3.94. The van der Waals surface area contributed by atoms with Crippen LogP contribution in [0.5, 0.6) is 0 Å². The van der Waals surface area contributed by atoms with Gasteiger partial charge in [-0.3, -0.25) is 4.79 Å². The van der Waals surface area contributed by atoms with E-state index in [1.54, 1.807) is 30.3 Å². The molecule has 0 unspecified atom stereocenters. The molecule has 0 aliphatic heterocycles. The van der Waals surface area contributed by atoms with Gasteiger partial charge in [0.05, 0.1) is 5.69 Å². The Labute approximate surface area is 118 Å². The van der Waals surface area contributed by atoms with Gasteiger partial charge < -0.3 is 10.2 Å². The fourth-order valence-corrected chi connectivity index (χ4v) is 1.73. The summed E-state index contributed by atoms with van der Waals surface area (Å²) < 4.78 is 0. The van der Waals surface area contributed by atoms with Gasteiger partial charge in [-0.15, -0.1) is 0 Å². The van der Waals surface area contributed by atoms with E-state index in [1.807, 2.05) is 0 Å². The van der Waals surface area contributed by atoms with Crippen molar-refractivity contribution in [3.63, 3.8) is 0 Å². The summed E-state index contributed by atoms with van der Waals surface area (Å²) in [6.07, 6.45) is 0.912. The molecule has 3 N–H and O–H groups in total. The number of nitrogens with one attached hydrogen (secondary N) is 1. The second-order valence-corrected chi connectivity index (χ2v) is 4.07. The molecule has 106 valence electrons. The first-order valence-electron chi connectivity index (χ1n) is 5.82. The normalized spacial score (nSPS) is 9.90. The van der Waals surface area contributed by atoms with Crippen LogP contribution in [0.15, 0.2) is 46.8 Å². The van der Waals surface area contributed by atoms with Crippen molar-refractivity contribution in [1.29, 1.82) is 0 Å². The third kappa shape index (κ3) is 3.21. The topological polar surface area (TPSA) is 120 Å². The van der Waals surface area contributed by atoms with Gasteiger partial charge in [0.1, 0.15) is 5.57 Å². The first kappa shape index (κ1) is 14.2. The molecule has 0 bridgehead atoms. The molecule has 0 radical (unpaired) electrons. The Balaban J connectivity index is 2.66. The maximum absolute atomic E-state index is 11.4. The van der Waals surface area contributed by atoms with Crippen molar-refractivity contribution in [2.75, 3.05) is 0 Å². The van der Waals surface area contributed by atoms with Gasteiger partial charge in [-0.2, -0.15) is 5.10 Å². The lowest BCUT2D eigenvalue weighted by molar-refractivity contribution is -0.139. The predicted octanol–water partition coefficient (Wildman–Crippen LogP) is 0.990. The van der Waals surface area contributed by atoms with E-state index in [-0.39, 0.29) is 11.3 Å². The van der Waals surface area contributed by atoms with Crippen LogP contribution < -0.4 is 5.56 Å². The van der Waals surface area contributed by atoms with E-state index in [0.29, 0.717) is 5.56 Å². The number of rotatable bonds is 4. The first-order valence-corrected chi connectivity index (χ1v) is 5.82. The van der Waals surface area contributed by atoms with E-state index in [2.05, 4.69) is 10.2 Å². The average Bonchev–Trinajstić information content (AvgIpc) is 2.45. The lowest BCUT2D eigenvalue weighted by Gasteiger charge is -2.05. The quantitative estimate of drug-likeness (QED) is 0.438. The lowest BCUT2D eigenvalue weighted by Crippen LogP contribution is -2.13. The van der Waals surface area contributed by atoms with E-state index in [9.17, 15) is 14.4 Å². The molecule has 2 aromatic rings. The smallest absolute Gasteiger partial charge is 0.343 e. The second-order valence-electron chi connectivity index (χ2n) is 4.07. The number of carbonyl (C=O) groups is 2. The molecule has 0 fully saturated rings. The van der Waals surface area contributed by atoms with Crippen LogP contribution in [0.1, 0.15) is 5.56 Å². The Morgan fingerprint density at radius 3 is 2.29 bits per heavy atom. The number of aliphatic carboxylic acids is 2. The summed E-state index contributed by atoms with van der Waals surface area (Å²) in [6.45, 7) is 0. The summed E-state index contributed by atoms with van der Waals surface area (Å²) in [7, 11) is 0. The zero-order valence-corrected chi connectivity index (χ0v) is 10.6. The van der Waals surface area contributed by atoms with Crippen LogP contribution in [0.25, 0.3) is 17.3 Å². The van der Waals surface area contributed by atoms with E-state index >= 15 is 0 Å². The molecule has 1 aromatic carbocycles. The number of hydrogen-bond acceptors (Lipinski definition) is 4. The van der Waals surface area contributed by atoms with Gasteiger partial charge in [-0.1, -0.05) is 30.3 Å². The fourth-order valence-electron chi connectivity index (χ4n) is 1.73. The van der Waals surface area contributed by atoms with Gasteiger partial charge in [0, 0.05) is 17.2 Å². The van der Waals surface area contributed by atoms with Gasteiger partial charge >= 0.3 is 11.9 Å². The maximum atomic E-state index is 11.4. The highest BCUT2D eigenvalue weighted by molar-refractivity contribution is 6.16. The lowest BCUT2D eigenvalue weighted by atomic mass is 10.0. The van der Waals surface area contributed by atoms with Crippen molar-refractivity contribution < 1.29 is 19.8 Å². The molecule has 0 saturated carbocycles. The molecular weight excluding hydrogens is 276 g/mol. The SMILES string of the molecule is O=C(O)C(=Cc1cc(=O)[nH]nc1-c1ccccc1)C(=O)O. The second kappa shape index (κ2) is 5.83. The average molecular weight is 286 g/mol. The van der Waals surface area contributed by atoms with Gasteiger partial charge in [0.2, 0.25) is 0 Å². The van der Waals surface area contributed by atoms with Gasteiger partial charge in [-0.25, -0.2) is 14.7 Å². The van der Waals surface area contributed by atoms with Crippen molar-refractivity contribution in [3.8, 4) is 11.3 Å². The van der Waals surface area contributed by atoms with Crippen molar-refractivity contribution in [2.45, 2.75) is 0 Å². The molecule has 0 saturated heterocycles. The molecule has 0 amide bonds. The van der Waals surface area contributed by atoms with Crippen LogP contribution in [0.2, 0.25) is 0 Å². The van der Waals surface area contributed by atoms with E-state index in [4.69, 9.17) is 10.2 Å². The first-order chi connectivity index (χ1) is 9.99. The Morgan fingerprint density at radius 2 is 1.71 bits per heavy atom. The Hall–Kier alpha value is -3.22. The molecule has 1 aromatic heterocycles. The van der Waals surface area contributed by atoms with E-state index in [1.165, 1.54) is 0 Å². The zero-order valence-electron chi connectivity index (χ0n) is 10.6. The highest BCUT2D eigenvalue weighted by Gasteiger charge is 2.17. The molecule has 21 heavy (non-hydrogen) atoms. The number of nitrogens with zero attached hydrogens (tertiary/aromatic N) is 1. The minimum absolute atomic E-state index is 0.116. The van der Waals surface area contributed by atoms with Gasteiger partial charge in [-0.05, 0) is 6.08 Å². The minimum Gasteiger partial charge on any atom is -0.477 e. The van der Waals surface area contributed by atoms with Crippen LogP contribution in [-0.4, -0.2) is 32.3 Å². The minimum atomic E-state index is -1.60. The number of aromatic amines is 1. The zero-order chi connectivity index (χ0) is 15.4. The molecule has 7 heteroatoms. The standard InChI is InChI=1S/C14H10N2O5/c17-11-7-9(6-10(13(18)19)14(20)21)12(16-15-11)8-4-2-1-3-5-8/h1-7H,(H,15,17)(H,18,19)(H,20,21). The summed E-state index contributed by atoms with van der Waals surface area (Å²) in [5.41, 5.74) is -0.384. The number of carboxylic acids is 2. The van der Waals surface area contributed by atoms with Crippen LogP contribution in [-0.2, 0) is 9.59 Å². The summed E-state index contributed by atoms with van der Waals surface area (Å²) in [5, 5.41) is 23.9. The third-order valence-corrected chi connectivity index (χ3v) is 2.65. The number of benzene rings is 1. The van der Waals surface area contributed by atoms with Crippen LogP contribution in [0, 0.1) is 0 Å². The molecule has 1 heterocycles. The van der Waals surface area contributed by atoms with Crippen LogP contribution >= 0.6 is 0 Å². The molecule has 0 aliphatic carbocycles.